The molecule has 2 N–H and O–H groups in total. The van der Waals surface area contributed by atoms with Crippen molar-refractivity contribution in [2.45, 2.75) is 13.0 Å². The first kappa shape index (κ1) is 19.6. The van der Waals surface area contributed by atoms with Crippen LogP contribution in [0, 0.1) is 0 Å². The molecule has 1 aliphatic rings. The molecule has 0 radical (unpaired) electrons. The average molecular weight is 372 g/mol. The molecule has 140 valence electrons. The molecule has 1 atom stereocenters. The highest BCUT2D eigenvalue weighted by Crippen LogP contribution is 2.12. The number of ether oxygens (including phenoxy) is 2. The van der Waals surface area contributed by atoms with Gasteiger partial charge in [-0.1, -0.05) is 6.07 Å². The van der Waals surface area contributed by atoms with Crippen LogP contribution < -0.4 is 0 Å². The van der Waals surface area contributed by atoms with Crippen LogP contribution in [0.3, 0.4) is 0 Å². The van der Waals surface area contributed by atoms with E-state index >= 15 is 0 Å². The summed E-state index contributed by atoms with van der Waals surface area (Å²) in [4.78, 5) is 43.6. The van der Waals surface area contributed by atoms with Crippen LogP contribution >= 0.6 is 0 Å². The Kier molecular flexibility index (Phi) is 6.27. The summed E-state index contributed by atoms with van der Waals surface area (Å²) in [6.07, 6.45) is -0.421. The summed E-state index contributed by atoms with van der Waals surface area (Å²) < 4.78 is 9.99. The van der Waals surface area contributed by atoms with Gasteiger partial charge in [0.1, 0.15) is 12.7 Å². The molecule has 3 rings (SSSR count). The second kappa shape index (κ2) is 8.61. The van der Waals surface area contributed by atoms with Gasteiger partial charge in [-0.05, 0) is 49.4 Å². The highest BCUT2D eigenvalue weighted by molar-refractivity contribution is 5.95. The van der Waals surface area contributed by atoms with Crippen molar-refractivity contribution in [3.8, 4) is 0 Å². The Hall–Kier alpha value is -3.68. The number of fused-ring (bicyclic) bond motifs is 2. The first-order valence-corrected chi connectivity index (χ1v) is 7.82. The Morgan fingerprint density at radius 3 is 1.85 bits per heavy atom. The number of carbonyl (C=O) groups excluding carboxylic acids is 2. The van der Waals surface area contributed by atoms with E-state index in [2.05, 4.69) is 0 Å². The summed E-state index contributed by atoms with van der Waals surface area (Å²) >= 11 is 0. The van der Waals surface area contributed by atoms with E-state index in [1.807, 2.05) is 0 Å². The largest absolute Gasteiger partial charge is 0.478 e. The molecule has 0 saturated heterocycles. The molecule has 0 saturated carbocycles. The van der Waals surface area contributed by atoms with E-state index in [0.717, 1.165) is 0 Å². The summed E-state index contributed by atoms with van der Waals surface area (Å²) in [5, 5.41) is 16.9. The zero-order valence-corrected chi connectivity index (χ0v) is 14.2. The maximum Gasteiger partial charge on any atom is 0.338 e. The number of esters is 2. The number of hydrogen-bond acceptors (Lipinski definition) is 6. The summed E-state index contributed by atoms with van der Waals surface area (Å²) in [6, 6.07) is 11.3. The Balaban J connectivity index is 0.000000199. The van der Waals surface area contributed by atoms with Crippen molar-refractivity contribution in [2.75, 3.05) is 6.61 Å². The third-order valence-corrected chi connectivity index (χ3v) is 3.47. The Bertz CT molecular complexity index is 837. The van der Waals surface area contributed by atoms with Gasteiger partial charge in [0, 0.05) is 0 Å². The van der Waals surface area contributed by atoms with Crippen LogP contribution in [0.4, 0.5) is 0 Å². The summed E-state index contributed by atoms with van der Waals surface area (Å²) in [7, 11) is 0. The number of carbonyl (C=O) groups is 4. The Morgan fingerprint density at radius 2 is 1.37 bits per heavy atom. The SMILES string of the molecule is CC1COC(=O)c2cccc(c2)C(=O)O1.O=C(O)c1ccc(C(=O)O)cc1. The van der Waals surface area contributed by atoms with Crippen LogP contribution in [-0.2, 0) is 9.47 Å². The summed E-state index contributed by atoms with van der Waals surface area (Å²) in [6.45, 7) is 1.77. The Labute approximate surface area is 154 Å². The standard InChI is InChI=1S/C11H10O4.C8H6O4/c1-7-6-14-10(12)8-3-2-4-9(5-8)11(13)15-7;9-7(10)5-1-2-6(4-3-5)8(11)12/h2-5,7H,6H2,1H3;1-4H,(H,9,10)(H,11,12). The van der Waals surface area contributed by atoms with Crippen molar-refractivity contribution in [1.29, 1.82) is 0 Å². The predicted molar refractivity (Wildman–Crippen MR) is 92.0 cm³/mol. The molecule has 27 heavy (non-hydrogen) atoms. The molecule has 2 bridgehead atoms. The van der Waals surface area contributed by atoms with E-state index in [9.17, 15) is 19.2 Å². The van der Waals surface area contributed by atoms with E-state index in [1.165, 1.54) is 30.3 Å². The molecule has 8 heteroatoms. The minimum Gasteiger partial charge on any atom is -0.478 e. The van der Waals surface area contributed by atoms with Gasteiger partial charge in [0.05, 0.1) is 22.3 Å². The number of cyclic esters (lactones) is 2. The van der Waals surface area contributed by atoms with E-state index < -0.39 is 30.0 Å². The second-order valence-electron chi connectivity index (χ2n) is 5.58. The first-order chi connectivity index (χ1) is 12.8. The maximum absolute atomic E-state index is 11.5. The molecule has 0 fully saturated rings. The van der Waals surface area contributed by atoms with Gasteiger partial charge in [-0.2, -0.15) is 0 Å². The van der Waals surface area contributed by atoms with E-state index in [1.54, 1.807) is 25.1 Å². The van der Waals surface area contributed by atoms with Crippen molar-refractivity contribution >= 4 is 23.9 Å². The monoisotopic (exact) mass is 372 g/mol. The average Bonchev–Trinajstić information content (AvgIpc) is 2.69. The fourth-order valence-corrected chi connectivity index (χ4v) is 2.09. The molecule has 1 aliphatic heterocycles. The normalized spacial score (nSPS) is 15.7. The van der Waals surface area contributed by atoms with Gasteiger partial charge in [-0.15, -0.1) is 0 Å². The van der Waals surface area contributed by atoms with E-state index in [-0.39, 0.29) is 17.7 Å². The van der Waals surface area contributed by atoms with Gasteiger partial charge in [0.2, 0.25) is 0 Å². The van der Waals surface area contributed by atoms with Crippen molar-refractivity contribution < 1.29 is 38.9 Å². The molecular formula is C19H16O8. The lowest BCUT2D eigenvalue weighted by Crippen LogP contribution is -2.20. The number of carboxylic acid groups (broad SMARTS) is 2. The van der Waals surface area contributed by atoms with Gasteiger partial charge in [-0.3, -0.25) is 0 Å². The lowest BCUT2D eigenvalue weighted by Gasteiger charge is -2.10. The van der Waals surface area contributed by atoms with Crippen molar-refractivity contribution in [2.24, 2.45) is 0 Å². The van der Waals surface area contributed by atoms with E-state index in [4.69, 9.17) is 19.7 Å². The molecule has 8 nitrogen and oxygen atoms in total. The first-order valence-electron chi connectivity index (χ1n) is 7.82. The van der Waals surface area contributed by atoms with Crippen LogP contribution in [0.2, 0.25) is 0 Å². The molecule has 0 aromatic heterocycles. The lowest BCUT2D eigenvalue weighted by molar-refractivity contribution is 0.00556. The minimum absolute atomic E-state index is 0.0833. The lowest BCUT2D eigenvalue weighted by atomic mass is 10.1. The molecule has 0 spiro atoms. The van der Waals surface area contributed by atoms with Gasteiger partial charge in [0.15, 0.2) is 0 Å². The molecule has 0 aliphatic carbocycles. The van der Waals surface area contributed by atoms with Gasteiger partial charge in [0.25, 0.3) is 0 Å². The van der Waals surface area contributed by atoms with Crippen LogP contribution in [-0.4, -0.2) is 46.8 Å². The fraction of sp³-hybridized carbons (Fsp3) is 0.158. The van der Waals surface area contributed by atoms with Gasteiger partial charge < -0.3 is 19.7 Å². The van der Waals surface area contributed by atoms with Crippen molar-refractivity contribution in [3.05, 3.63) is 70.8 Å². The number of rotatable bonds is 2. The molecule has 1 heterocycles. The van der Waals surface area contributed by atoms with Gasteiger partial charge in [-0.25, -0.2) is 19.2 Å². The summed E-state index contributed by atoms with van der Waals surface area (Å²) in [5.74, 6) is -2.98. The number of aromatic carboxylic acids is 2. The van der Waals surface area contributed by atoms with Crippen molar-refractivity contribution in [3.63, 3.8) is 0 Å². The summed E-state index contributed by atoms with van der Waals surface area (Å²) in [5.41, 5.74) is 0.914. The number of carboxylic acids is 2. The zero-order valence-electron chi connectivity index (χ0n) is 14.2. The van der Waals surface area contributed by atoms with Crippen molar-refractivity contribution in [1.82, 2.24) is 0 Å². The molecule has 2 aromatic carbocycles. The maximum atomic E-state index is 11.5. The third-order valence-electron chi connectivity index (χ3n) is 3.47. The van der Waals surface area contributed by atoms with Crippen LogP contribution in [0.25, 0.3) is 0 Å². The topological polar surface area (TPSA) is 127 Å². The number of hydrogen-bond donors (Lipinski definition) is 2. The van der Waals surface area contributed by atoms with Crippen LogP contribution in [0.1, 0.15) is 48.4 Å². The highest BCUT2D eigenvalue weighted by atomic mass is 16.6. The quantitative estimate of drug-likeness (QED) is 0.770. The smallest absolute Gasteiger partial charge is 0.338 e. The van der Waals surface area contributed by atoms with Gasteiger partial charge >= 0.3 is 23.9 Å². The third kappa shape index (κ3) is 5.40. The predicted octanol–water partition coefficient (Wildman–Crippen LogP) is 2.49. The molecule has 1 unspecified atom stereocenters. The minimum atomic E-state index is -1.06. The second-order valence-corrected chi connectivity index (χ2v) is 5.58. The zero-order chi connectivity index (χ0) is 20.0. The van der Waals surface area contributed by atoms with Crippen LogP contribution in [0.15, 0.2) is 48.5 Å². The molecule has 0 amide bonds. The Morgan fingerprint density at radius 1 is 0.889 bits per heavy atom. The molecule has 2 aromatic rings. The molecular weight excluding hydrogens is 356 g/mol. The number of benzene rings is 2. The highest BCUT2D eigenvalue weighted by Gasteiger charge is 2.19. The fourth-order valence-electron chi connectivity index (χ4n) is 2.09. The van der Waals surface area contributed by atoms with Crippen LogP contribution in [0.5, 0.6) is 0 Å². The van der Waals surface area contributed by atoms with E-state index in [0.29, 0.717) is 11.1 Å².